The zero-order chi connectivity index (χ0) is 16.8. The fraction of sp³-hybridized carbons (Fsp3) is 0.650. The van der Waals surface area contributed by atoms with Gasteiger partial charge >= 0.3 is 0 Å². The smallest absolute Gasteiger partial charge is 0.224 e. The summed E-state index contributed by atoms with van der Waals surface area (Å²) in [5.41, 5.74) is 7.71. The number of carbonyl (C=O) groups is 1. The number of hydrogen-bond donors (Lipinski definition) is 2. The molecule has 1 saturated carbocycles. The van der Waals surface area contributed by atoms with Gasteiger partial charge in [0, 0.05) is 17.8 Å². The van der Waals surface area contributed by atoms with Crippen molar-refractivity contribution in [2.75, 3.05) is 25.4 Å². The third kappa shape index (κ3) is 4.29. The van der Waals surface area contributed by atoms with Crippen molar-refractivity contribution in [2.45, 2.75) is 63.3 Å². The maximum atomic E-state index is 12.4. The number of nitrogens with two attached hydrogens (primary N) is 1. The summed E-state index contributed by atoms with van der Waals surface area (Å²) in [5, 5.41) is 3.24. The first-order valence-electron chi connectivity index (χ1n) is 9.54. The monoisotopic (exact) mass is 329 g/mol. The summed E-state index contributed by atoms with van der Waals surface area (Å²) in [7, 11) is 0. The van der Waals surface area contributed by atoms with Crippen molar-refractivity contribution in [2.24, 2.45) is 0 Å². The topological polar surface area (TPSA) is 58.4 Å². The lowest BCUT2D eigenvalue weighted by Crippen LogP contribution is -2.58. The van der Waals surface area contributed by atoms with Crippen LogP contribution in [0.5, 0.6) is 0 Å². The van der Waals surface area contributed by atoms with E-state index in [4.69, 9.17) is 5.73 Å². The van der Waals surface area contributed by atoms with Crippen LogP contribution in [0.1, 0.15) is 56.9 Å². The van der Waals surface area contributed by atoms with Crippen LogP contribution >= 0.6 is 0 Å². The third-order valence-corrected chi connectivity index (χ3v) is 5.74. The molecule has 0 atom stereocenters. The van der Waals surface area contributed by atoms with Crippen molar-refractivity contribution in [3.8, 4) is 0 Å². The molecule has 3 N–H and O–H groups in total. The van der Waals surface area contributed by atoms with E-state index in [1.54, 1.807) is 0 Å². The van der Waals surface area contributed by atoms with E-state index in [1.807, 2.05) is 24.3 Å². The summed E-state index contributed by atoms with van der Waals surface area (Å²) < 4.78 is 0. The molecule has 4 heteroatoms. The second-order valence-corrected chi connectivity index (χ2v) is 7.53. The standard InChI is InChI=1S/C20H31N3O/c21-18-9-7-8-17(14-18)15-19(24)22-16-20(10-3-1-4-11-20)23-12-5-2-6-13-23/h7-9,14H,1-6,10-13,15-16,21H2,(H,22,24). The van der Waals surface area contributed by atoms with Crippen LogP contribution in [-0.4, -0.2) is 36.0 Å². The van der Waals surface area contributed by atoms with Gasteiger partial charge in [-0.1, -0.05) is 37.8 Å². The molecule has 1 saturated heterocycles. The molecule has 132 valence electrons. The Morgan fingerprint density at radius 2 is 1.79 bits per heavy atom. The van der Waals surface area contributed by atoms with Crippen LogP contribution < -0.4 is 11.1 Å². The maximum Gasteiger partial charge on any atom is 0.224 e. The zero-order valence-corrected chi connectivity index (χ0v) is 14.7. The second-order valence-electron chi connectivity index (χ2n) is 7.53. The van der Waals surface area contributed by atoms with Crippen LogP contribution in [0.2, 0.25) is 0 Å². The number of nitrogen functional groups attached to an aromatic ring is 1. The first-order chi connectivity index (χ1) is 11.7. The van der Waals surface area contributed by atoms with Crippen LogP contribution in [0.3, 0.4) is 0 Å². The van der Waals surface area contributed by atoms with Crippen molar-refractivity contribution in [1.82, 2.24) is 10.2 Å². The molecule has 1 aliphatic carbocycles. The Hall–Kier alpha value is -1.55. The van der Waals surface area contributed by atoms with Crippen LogP contribution in [-0.2, 0) is 11.2 Å². The largest absolute Gasteiger partial charge is 0.399 e. The molecule has 1 heterocycles. The van der Waals surface area contributed by atoms with Crippen molar-refractivity contribution in [3.63, 3.8) is 0 Å². The van der Waals surface area contributed by atoms with Crippen molar-refractivity contribution in [3.05, 3.63) is 29.8 Å². The van der Waals surface area contributed by atoms with Crippen LogP contribution in [0.15, 0.2) is 24.3 Å². The predicted molar refractivity (Wildman–Crippen MR) is 98.8 cm³/mol. The number of nitrogens with one attached hydrogen (secondary N) is 1. The lowest BCUT2D eigenvalue weighted by molar-refractivity contribution is -0.121. The number of piperidine rings is 1. The quantitative estimate of drug-likeness (QED) is 0.816. The summed E-state index contributed by atoms with van der Waals surface area (Å²) in [4.78, 5) is 15.1. The van der Waals surface area contributed by atoms with E-state index in [0.717, 1.165) is 17.8 Å². The lowest BCUT2D eigenvalue weighted by Gasteiger charge is -2.48. The van der Waals surface area contributed by atoms with E-state index in [1.165, 1.54) is 64.5 Å². The van der Waals surface area contributed by atoms with Crippen LogP contribution in [0.4, 0.5) is 5.69 Å². The van der Waals surface area contributed by atoms with Crippen LogP contribution in [0.25, 0.3) is 0 Å². The molecule has 0 bridgehead atoms. The Balaban J connectivity index is 1.59. The minimum absolute atomic E-state index is 0.113. The number of rotatable bonds is 5. The Morgan fingerprint density at radius 3 is 2.50 bits per heavy atom. The van der Waals surface area contributed by atoms with E-state index in [0.29, 0.717) is 6.42 Å². The molecule has 3 rings (SSSR count). The summed E-state index contributed by atoms with van der Waals surface area (Å²) in [6, 6.07) is 7.63. The van der Waals surface area contributed by atoms with Crippen molar-refractivity contribution in [1.29, 1.82) is 0 Å². The molecular weight excluding hydrogens is 298 g/mol. The van der Waals surface area contributed by atoms with Crippen molar-refractivity contribution >= 4 is 11.6 Å². The molecule has 1 aliphatic heterocycles. The zero-order valence-electron chi connectivity index (χ0n) is 14.7. The van der Waals surface area contributed by atoms with Gasteiger partial charge in [0.1, 0.15) is 0 Å². The van der Waals surface area contributed by atoms with Gasteiger partial charge in [0.25, 0.3) is 0 Å². The number of anilines is 1. The first-order valence-corrected chi connectivity index (χ1v) is 9.54. The van der Waals surface area contributed by atoms with Gasteiger partial charge in [0.05, 0.1) is 6.42 Å². The predicted octanol–water partition coefficient (Wildman–Crippen LogP) is 3.12. The molecule has 0 aromatic heterocycles. The summed E-state index contributed by atoms with van der Waals surface area (Å²) >= 11 is 0. The number of benzene rings is 1. The second kappa shape index (κ2) is 8.02. The number of nitrogens with zero attached hydrogens (tertiary/aromatic N) is 1. The number of amides is 1. The molecule has 0 spiro atoms. The highest BCUT2D eigenvalue weighted by molar-refractivity contribution is 5.78. The van der Waals surface area contributed by atoms with Gasteiger partial charge in [-0.15, -0.1) is 0 Å². The fourth-order valence-electron chi connectivity index (χ4n) is 4.40. The molecule has 24 heavy (non-hydrogen) atoms. The average Bonchev–Trinajstić information content (AvgIpc) is 2.62. The van der Waals surface area contributed by atoms with Gasteiger partial charge in [-0.2, -0.15) is 0 Å². The molecule has 2 fully saturated rings. The molecule has 2 aliphatic rings. The van der Waals surface area contributed by atoms with E-state index in [-0.39, 0.29) is 11.4 Å². The highest BCUT2D eigenvalue weighted by Gasteiger charge is 2.38. The summed E-state index contributed by atoms with van der Waals surface area (Å²) in [6.07, 6.45) is 10.8. The number of likely N-dealkylation sites (tertiary alicyclic amines) is 1. The van der Waals surface area contributed by atoms with E-state index < -0.39 is 0 Å². The minimum atomic E-state index is 0.113. The van der Waals surface area contributed by atoms with E-state index in [9.17, 15) is 4.79 Å². The Bertz CT molecular complexity index is 546. The average molecular weight is 329 g/mol. The summed E-state index contributed by atoms with van der Waals surface area (Å²) in [6.45, 7) is 3.20. The molecule has 1 amide bonds. The lowest BCUT2D eigenvalue weighted by atomic mass is 9.79. The maximum absolute atomic E-state index is 12.4. The molecule has 1 aromatic carbocycles. The molecular formula is C20H31N3O. The first kappa shape index (κ1) is 17.3. The van der Waals surface area contributed by atoms with E-state index >= 15 is 0 Å². The molecule has 1 aromatic rings. The highest BCUT2D eigenvalue weighted by Crippen LogP contribution is 2.35. The Morgan fingerprint density at radius 1 is 1.08 bits per heavy atom. The van der Waals surface area contributed by atoms with Gasteiger partial charge in [0.2, 0.25) is 5.91 Å². The van der Waals surface area contributed by atoms with Crippen molar-refractivity contribution < 1.29 is 4.79 Å². The highest BCUT2D eigenvalue weighted by atomic mass is 16.1. The molecule has 0 unspecified atom stereocenters. The van der Waals surface area contributed by atoms with Gasteiger partial charge in [0.15, 0.2) is 0 Å². The number of hydrogen-bond acceptors (Lipinski definition) is 3. The van der Waals surface area contributed by atoms with Gasteiger partial charge < -0.3 is 11.1 Å². The molecule has 0 radical (unpaired) electrons. The minimum Gasteiger partial charge on any atom is -0.399 e. The summed E-state index contributed by atoms with van der Waals surface area (Å²) in [5.74, 6) is 0.113. The normalized spacial score (nSPS) is 21.3. The van der Waals surface area contributed by atoms with Gasteiger partial charge in [-0.25, -0.2) is 0 Å². The van der Waals surface area contributed by atoms with Crippen LogP contribution in [0, 0.1) is 0 Å². The Kier molecular flexibility index (Phi) is 5.77. The third-order valence-electron chi connectivity index (χ3n) is 5.74. The molecule has 4 nitrogen and oxygen atoms in total. The fourth-order valence-corrected chi connectivity index (χ4v) is 4.40. The van der Waals surface area contributed by atoms with E-state index in [2.05, 4.69) is 10.2 Å². The SMILES string of the molecule is Nc1cccc(CC(=O)NCC2(N3CCCCC3)CCCCC2)c1. The Labute approximate surface area is 145 Å². The number of carbonyl (C=O) groups excluding carboxylic acids is 1. The van der Waals surface area contributed by atoms with Gasteiger partial charge in [-0.05, 0) is 56.5 Å². The van der Waals surface area contributed by atoms with Gasteiger partial charge in [-0.3, -0.25) is 9.69 Å².